The first-order valence-corrected chi connectivity index (χ1v) is 10.6. The molecule has 0 aliphatic rings. The molecule has 1 rings (SSSR count). The van der Waals surface area contributed by atoms with Crippen LogP contribution in [0.2, 0.25) is 0 Å². The summed E-state index contributed by atoms with van der Waals surface area (Å²) >= 11 is 0. The first kappa shape index (κ1) is 23.7. The molecule has 0 N–H and O–H groups in total. The molecule has 1 aromatic carbocycles. The van der Waals surface area contributed by atoms with Crippen molar-refractivity contribution in [2.45, 2.75) is 76.9 Å². The van der Waals surface area contributed by atoms with Crippen molar-refractivity contribution in [1.82, 2.24) is 0 Å². The van der Waals surface area contributed by atoms with Gasteiger partial charge in [-0.25, -0.2) is 0 Å². The van der Waals surface area contributed by atoms with Crippen LogP contribution >= 0.6 is 0 Å². The fraction of sp³-hybridized carbons (Fsp3) is 0.684. The number of benzene rings is 1. The van der Waals surface area contributed by atoms with Gasteiger partial charge in [0, 0.05) is 18.9 Å². The zero-order valence-corrected chi connectivity index (χ0v) is 16.3. The number of hydrogen-bond acceptors (Lipinski definition) is 3. The van der Waals surface area contributed by atoms with E-state index < -0.39 is 10.1 Å². The first-order chi connectivity index (χ1) is 11.1. The van der Waals surface area contributed by atoms with Crippen LogP contribution in [0.4, 0.5) is 0 Å². The Hall–Kier alpha value is -0.273. The minimum absolute atomic E-state index is 0. The summed E-state index contributed by atoms with van der Waals surface area (Å²) in [6, 6.07) is 9.17. The van der Waals surface area contributed by atoms with Crippen LogP contribution in [0, 0.1) is 0 Å². The predicted molar refractivity (Wildman–Crippen MR) is 103 cm³/mol. The molecule has 0 atom stereocenters. The van der Waals surface area contributed by atoms with E-state index in [9.17, 15) is 8.42 Å². The maximum Gasteiger partial charge on any atom is 0.271 e. The predicted octanol–water partition coefficient (Wildman–Crippen LogP) is 5.07. The Morgan fingerprint density at radius 1 is 0.792 bits per heavy atom. The molecule has 1 aromatic rings. The van der Waals surface area contributed by atoms with Gasteiger partial charge in [0.1, 0.15) is 5.75 Å². The molecule has 0 spiro atoms. The quantitative estimate of drug-likeness (QED) is 0.268. The Labute approximate surface area is 160 Å². The summed E-state index contributed by atoms with van der Waals surface area (Å²) in [6.07, 6.45) is 12.3. The Morgan fingerprint density at radius 2 is 1.29 bits per heavy atom. The molecule has 0 unspecified atom stereocenters. The van der Waals surface area contributed by atoms with E-state index in [-0.39, 0.29) is 24.6 Å². The summed E-state index contributed by atoms with van der Waals surface area (Å²) in [5.74, 6) is -0.0361. The van der Waals surface area contributed by atoms with Gasteiger partial charge in [-0.1, -0.05) is 95.0 Å². The minimum atomic E-state index is -3.44. The molecule has 0 bridgehead atoms. The number of hydrogen-bond donors (Lipinski definition) is 0. The van der Waals surface area contributed by atoms with Crippen molar-refractivity contribution in [3.63, 3.8) is 0 Å². The van der Waals surface area contributed by atoms with Gasteiger partial charge in [0.05, 0.1) is 6.61 Å². The fourth-order valence-corrected chi connectivity index (χ4v) is 3.65. The number of unbranched alkanes of at least 4 members (excludes halogenated alkanes) is 9. The van der Waals surface area contributed by atoms with Crippen LogP contribution in [0.1, 0.15) is 76.7 Å². The largest absolute Gasteiger partial charge is 0.271 e. The molecule has 0 saturated carbocycles. The van der Waals surface area contributed by atoms with Gasteiger partial charge in [-0.15, -0.1) is 0 Å². The van der Waals surface area contributed by atoms with Gasteiger partial charge >= 0.3 is 0 Å². The van der Waals surface area contributed by atoms with Crippen molar-refractivity contribution in [1.29, 1.82) is 0 Å². The molecule has 0 aliphatic heterocycles. The zero-order chi connectivity index (χ0) is 16.8. The Kier molecular flexibility index (Phi) is 14.8. The molecule has 0 fully saturated rings. The van der Waals surface area contributed by atoms with E-state index in [1.807, 2.05) is 18.2 Å². The molecule has 133 valence electrons. The Bertz CT molecular complexity index is 489. The maximum absolute atomic E-state index is 11.8. The average Bonchev–Trinajstić information content (AvgIpc) is 2.53. The van der Waals surface area contributed by atoms with Gasteiger partial charge in [0.15, 0.2) is 0 Å². The van der Waals surface area contributed by atoms with Crippen molar-refractivity contribution in [3.05, 3.63) is 35.9 Å². The Balaban J connectivity index is 0.00000529. The zero-order valence-electron chi connectivity index (χ0n) is 15.5. The van der Waals surface area contributed by atoms with Crippen LogP contribution in [0.25, 0.3) is 0 Å². The van der Waals surface area contributed by atoms with E-state index >= 15 is 0 Å². The van der Waals surface area contributed by atoms with E-state index in [0.717, 1.165) is 18.4 Å². The van der Waals surface area contributed by atoms with Gasteiger partial charge < -0.3 is 0 Å². The average molecular weight is 347 g/mol. The van der Waals surface area contributed by atoms with Gasteiger partial charge in [0.2, 0.25) is 0 Å². The normalized spacial score (nSPS) is 11.2. The third-order valence-corrected chi connectivity index (χ3v) is 5.16. The molecule has 0 aliphatic carbocycles. The van der Waals surface area contributed by atoms with Crippen molar-refractivity contribution in [2.75, 3.05) is 6.61 Å². The standard InChI is InChI=1S/C19H32O3S.Li/c1-2-3-4-5-6-7-8-9-10-14-17-22-23(20,21)18-19-15-12-11-13-16-19;/h11-13,15-16H,2-10,14,17-18H2,1H3;. The smallest absolute Gasteiger partial charge is 0.270 e. The molecule has 0 saturated heterocycles. The van der Waals surface area contributed by atoms with Crippen molar-refractivity contribution in [3.8, 4) is 0 Å². The molecular formula is C19H32LiO3S. The second-order valence-electron chi connectivity index (χ2n) is 6.19. The summed E-state index contributed by atoms with van der Waals surface area (Å²) in [5, 5.41) is 0. The van der Waals surface area contributed by atoms with E-state index in [2.05, 4.69) is 6.92 Å². The molecule has 0 amide bonds. The second kappa shape index (κ2) is 15.0. The monoisotopic (exact) mass is 347 g/mol. The summed E-state index contributed by atoms with van der Waals surface area (Å²) in [5.41, 5.74) is 0.774. The van der Waals surface area contributed by atoms with E-state index in [1.54, 1.807) is 12.1 Å². The fourth-order valence-electron chi connectivity index (χ4n) is 2.60. The summed E-state index contributed by atoms with van der Waals surface area (Å²) in [4.78, 5) is 0. The summed E-state index contributed by atoms with van der Waals surface area (Å²) < 4.78 is 28.8. The maximum atomic E-state index is 11.8. The van der Waals surface area contributed by atoms with Gasteiger partial charge in [-0.3, -0.25) is 4.18 Å². The van der Waals surface area contributed by atoms with Crippen LogP contribution in [0.3, 0.4) is 0 Å². The molecular weight excluding hydrogens is 315 g/mol. The first-order valence-electron chi connectivity index (χ1n) is 9.05. The van der Waals surface area contributed by atoms with Gasteiger partial charge in [-0.05, 0) is 12.0 Å². The molecule has 0 heterocycles. The second-order valence-corrected chi connectivity index (χ2v) is 7.83. The number of rotatable bonds is 14. The molecule has 1 radical (unpaired) electrons. The minimum Gasteiger partial charge on any atom is -0.270 e. The van der Waals surface area contributed by atoms with E-state index in [4.69, 9.17) is 4.18 Å². The third-order valence-electron chi connectivity index (χ3n) is 3.95. The van der Waals surface area contributed by atoms with Gasteiger partial charge in [-0.2, -0.15) is 8.42 Å². The van der Waals surface area contributed by atoms with E-state index in [1.165, 1.54) is 51.4 Å². The van der Waals surface area contributed by atoms with Crippen molar-refractivity contribution < 1.29 is 12.6 Å². The molecule has 5 heteroatoms. The summed E-state index contributed by atoms with van der Waals surface area (Å²) in [7, 11) is -3.44. The summed E-state index contributed by atoms with van der Waals surface area (Å²) in [6.45, 7) is 2.55. The van der Waals surface area contributed by atoms with Gasteiger partial charge in [0.25, 0.3) is 10.1 Å². The SMILES string of the molecule is CCCCCCCCCCCCOS(=O)(=O)Cc1ccccc1.[Li]. The topological polar surface area (TPSA) is 43.4 Å². The van der Waals surface area contributed by atoms with Crippen LogP contribution < -0.4 is 0 Å². The van der Waals surface area contributed by atoms with Crippen molar-refractivity contribution >= 4 is 29.0 Å². The Morgan fingerprint density at radius 3 is 1.83 bits per heavy atom. The molecule has 3 nitrogen and oxygen atoms in total. The third kappa shape index (κ3) is 13.1. The van der Waals surface area contributed by atoms with Crippen LogP contribution in [0.15, 0.2) is 30.3 Å². The van der Waals surface area contributed by atoms with E-state index in [0.29, 0.717) is 6.61 Å². The van der Waals surface area contributed by atoms with Crippen molar-refractivity contribution in [2.24, 2.45) is 0 Å². The molecule has 24 heavy (non-hydrogen) atoms. The molecule has 0 aromatic heterocycles. The van der Waals surface area contributed by atoms with Crippen LogP contribution in [-0.2, 0) is 20.1 Å². The van der Waals surface area contributed by atoms with Crippen LogP contribution in [-0.4, -0.2) is 33.9 Å². The van der Waals surface area contributed by atoms with Crippen LogP contribution in [0.5, 0.6) is 0 Å².